The molecular formula is C18H23N3O2. The highest BCUT2D eigenvalue weighted by atomic mass is 16.2. The Morgan fingerprint density at radius 2 is 1.87 bits per heavy atom. The fourth-order valence-corrected chi connectivity index (χ4v) is 3.38. The van der Waals surface area contributed by atoms with Gasteiger partial charge >= 0.3 is 0 Å². The van der Waals surface area contributed by atoms with Gasteiger partial charge in [-0.3, -0.25) is 9.59 Å². The second kappa shape index (κ2) is 6.16. The number of nitrogens with one attached hydrogen (secondary N) is 1. The van der Waals surface area contributed by atoms with Crippen molar-refractivity contribution < 1.29 is 9.59 Å². The molecule has 0 aliphatic carbocycles. The predicted molar refractivity (Wildman–Crippen MR) is 90.7 cm³/mol. The van der Waals surface area contributed by atoms with E-state index in [-0.39, 0.29) is 6.04 Å². The number of hydrogen-bond donors (Lipinski definition) is 1. The Balaban J connectivity index is 1.84. The summed E-state index contributed by atoms with van der Waals surface area (Å²) >= 11 is 0. The lowest BCUT2D eigenvalue weighted by atomic mass is 10.0. The van der Waals surface area contributed by atoms with E-state index in [1.807, 2.05) is 31.2 Å². The first-order chi connectivity index (χ1) is 11.0. The molecule has 122 valence electrons. The molecule has 5 heteroatoms. The minimum Gasteiger partial charge on any atom is -0.358 e. The van der Waals surface area contributed by atoms with E-state index in [4.69, 9.17) is 0 Å². The number of rotatable bonds is 3. The summed E-state index contributed by atoms with van der Waals surface area (Å²) < 4.78 is 0. The molecule has 2 aromatic rings. The molecule has 1 saturated heterocycles. The fraction of sp³-hybridized carbons (Fsp3) is 0.444. The standard InChI is InChI=1S/C18H23N3O2/c1-12-16(14-6-4-5-7-15(14)19-12)17(22)18(23)21(3)13-8-10-20(2)11-9-13/h4-7,13,19H,8-11H2,1-3H3. The van der Waals surface area contributed by atoms with Crippen LogP contribution in [0, 0.1) is 6.92 Å². The molecule has 0 saturated carbocycles. The highest BCUT2D eigenvalue weighted by Crippen LogP contribution is 2.24. The van der Waals surface area contributed by atoms with Crippen molar-refractivity contribution in [3.05, 3.63) is 35.5 Å². The number of carbonyl (C=O) groups is 2. The van der Waals surface area contributed by atoms with Gasteiger partial charge in [0.1, 0.15) is 0 Å². The maximum atomic E-state index is 12.8. The van der Waals surface area contributed by atoms with Crippen LogP contribution in [0.2, 0.25) is 0 Å². The number of carbonyl (C=O) groups excluding carboxylic acids is 2. The number of nitrogens with zero attached hydrogens (tertiary/aromatic N) is 2. The number of H-pyrrole nitrogens is 1. The molecule has 0 radical (unpaired) electrons. The van der Waals surface area contributed by atoms with Gasteiger partial charge in [0.15, 0.2) is 0 Å². The molecule has 1 aliphatic rings. The molecule has 0 bridgehead atoms. The molecule has 1 N–H and O–H groups in total. The molecule has 0 spiro atoms. The van der Waals surface area contributed by atoms with Crippen LogP contribution in [0.1, 0.15) is 28.9 Å². The van der Waals surface area contributed by atoms with Crippen LogP contribution < -0.4 is 0 Å². The maximum absolute atomic E-state index is 12.8. The van der Waals surface area contributed by atoms with E-state index in [0.717, 1.165) is 42.5 Å². The summed E-state index contributed by atoms with van der Waals surface area (Å²) in [5, 5.41) is 0.820. The first-order valence-electron chi connectivity index (χ1n) is 8.06. The number of likely N-dealkylation sites (tertiary alicyclic amines) is 1. The number of amides is 1. The minimum atomic E-state index is -0.415. The van der Waals surface area contributed by atoms with Gasteiger partial charge in [0, 0.05) is 29.7 Å². The van der Waals surface area contributed by atoms with Crippen molar-refractivity contribution in [1.29, 1.82) is 0 Å². The van der Waals surface area contributed by atoms with E-state index >= 15 is 0 Å². The van der Waals surface area contributed by atoms with E-state index in [1.54, 1.807) is 11.9 Å². The molecule has 1 fully saturated rings. The third-order valence-corrected chi connectivity index (χ3v) is 4.87. The average Bonchev–Trinajstić information content (AvgIpc) is 2.89. The lowest BCUT2D eigenvalue weighted by Gasteiger charge is -2.34. The van der Waals surface area contributed by atoms with Crippen molar-refractivity contribution >= 4 is 22.6 Å². The van der Waals surface area contributed by atoms with E-state index in [9.17, 15) is 9.59 Å². The Morgan fingerprint density at radius 3 is 2.57 bits per heavy atom. The number of fused-ring (bicyclic) bond motifs is 1. The zero-order valence-electron chi connectivity index (χ0n) is 13.9. The normalized spacial score (nSPS) is 16.7. The van der Waals surface area contributed by atoms with Crippen molar-refractivity contribution in [2.45, 2.75) is 25.8 Å². The summed E-state index contributed by atoms with van der Waals surface area (Å²) in [7, 11) is 3.83. The first-order valence-corrected chi connectivity index (χ1v) is 8.06. The van der Waals surface area contributed by atoms with Crippen molar-refractivity contribution in [2.24, 2.45) is 0 Å². The molecule has 1 aliphatic heterocycles. The molecule has 1 aromatic heterocycles. The molecule has 5 nitrogen and oxygen atoms in total. The maximum Gasteiger partial charge on any atom is 0.295 e. The third-order valence-electron chi connectivity index (χ3n) is 4.87. The van der Waals surface area contributed by atoms with Crippen LogP contribution in [0.5, 0.6) is 0 Å². The summed E-state index contributed by atoms with van der Waals surface area (Å²) in [6, 6.07) is 7.75. The van der Waals surface area contributed by atoms with Crippen molar-refractivity contribution in [3.63, 3.8) is 0 Å². The SMILES string of the molecule is Cc1[nH]c2ccccc2c1C(=O)C(=O)N(C)C1CCN(C)CC1. The quantitative estimate of drug-likeness (QED) is 0.698. The van der Waals surface area contributed by atoms with Gasteiger partial charge in [-0.1, -0.05) is 18.2 Å². The third kappa shape index (κ3) is 2.88. The monoisotopic (exact) mass is 313 g/mol. The molecule has 1 amide bonds. The lowest BCUT2D eigenvalue weighted by molar-refractivity contribution is -0.128. The number of aromatic amines is 1. The van der Waals surface area contributed by atoms with Crippen molar-refractivity contribution in [3.8, 4) is 0 Å². The highest BCUT2D eigenvalue weighted by Gasteiger charge is 2.30. The number of hydrogen-bond acceptors (Lipinski definition) is 3. The predicted octanol–water partition coefficient (Wildman–Crippen LogP) is 2.21. The van der Waals surface area contributed by atoms with Crippen molar-refractivity contribution in [1.82, 2.24) is 14.8 Å². The number of aromatic nitrogens is 1. The van der Waals surface area contributed by atoms with E-state index in [2.05, 4.69) is 16.9 Å². The zero-order chi connectivity index (χ0) is 16.6. The summed E-state index contributed by atoms with van der Waals surface area (Å²) in [4.78, 5) is 32.5. The van der Waals surface area contributed by atoms with Gasteiger partial charge in [-0.25, -0.2) is 0 Å². The second-order valence-electron chi connectivity index (χ2n) is 6.45. The van der Waals surface area contributed by atoms with Gasteiger partial charge in [-0.15, -0.1) is 0 Å². The number of likely N-dealkylation sites (N-methyl/N-ethyl adjacent to an activating group) is 1. The van der Waals surface area contributed by atoms with E-state index in [0.29, 0.717) is 5.56 Å². The summed E-state index contributed by atoms with van der Waals surface area (Å²) in [5.74, 6) is -0.825. The Kier molecular flexibility index (Phi) is 4.22. The molecule has 0 unspecified atom stereocenters. The van der Waals surface area contributed by atoms with Gasteiger partial charge in [0.25, 0.3) is 11.7 Å². The fourth-order valence-electron chi connectivity index (χ4n) is 3.38. The largest absolute Gasteiger partial charge is 0.358 e. The number of benzene rings is 1. The molecule has 2 heterocycles. The van der Waals surface area contributed by atoms with E-state index < -0.39 is 11.7 Å². The Morgan fingerprint density at radius 1 is 1.22 bits per heavy atom. The lowest BCUT2D eigenvalue weighted by Crippen LogP contribution is -2.46. The Hall–Kier alpha value is -2.14. The first kappa shape index (κ1) is 15.7. The van der Waals surface area contributed by atoms with Gasteiger partial charge in [0.2, 0.25) is 0 Å². The van der Waals surface area contributed by atoms with Crippen LogP contribution in [0.15, 0.2) is 24.3 Å². The van der Waals surface area contributed by atoms with Crippen LogP contribution >= 0.6 is 0 Å². The van der Waals surface area contributed by atoms with Gasteiger partial charge in [-0.05, 0) is 46.0 Å². The minimum absolute atomic E-state index is 0.146. The summed E-state index contributed by atoms with van der Waals surface area (Å²) in [6.45, 7) is 3.77. The molecular weight excluding hydrogens is 290 g/mol. The number of para-hydroxylation sites is 1. The Bertz CT molecular complexity index is 742. The van der Waals surface area contributed by atoms with Crippen molar-refractivity contribution in [2.75, 3.05) is 27.2 Å². The smallest absolute Gasteiger partial charge is 0.295 e. The summed E-state index contributed by atoms with van der Waals surface area (Å²) in [5.41, 5.74) is 2.15. The van der Waals surface area contributed by atoms with Crippen LogP contribution in [0.25, 0.3) is 10.9 Å². The molecule has 0 atom stereocenters. The number of aryl methyl sites for hydroxylation is 1. The van der Waals surface area contributed by atoms with Gasteiger partial charge in [-0.2, -0.15) is 0 Å². The van der Waals surface area contributed by atoms with Crippen LogP contribution in [0.3, 0.4) is 0 Å². The van der Waals surface area contributed by atoms with Gasteiger partial charge in [0.05, 0.1) is 5.56 Å². The van der Waals surface area contributed by atoms with E-state index in [1.165, 1.54) is 0 Å². The van der Waals surface area contributed by atoms with Gasteiger partial charge < -0.3 is 14.8 Å². The second-order valence-corrected chi connectivity index (χ2v) is 6.45. The van der Waals surface area contributed by atoms with Crippen LogP contribution in [-0.4, -0.2) is 59.7 Å². The number of piperidine rings is 1. The average molecular weight is 313 g/mol. The molecule has 3 rings (SSSR count). The van der Waals surface area contributed by atoms with Crippen LogP contribution in [-0.2, 0) is 4.79 Å². The highest BCUT2D eigenvalue weighted by molar-refractivity contribution is 6.45. The number of Topliss-reactive ketones (excluding diaryl/α,β-unsaturated/α-hetero) is 1. The van der Waals surface area contributed by atoms with Crippen LogP contribution in [0.4, 0.5) is 0 Å². The molecule has 23 heavy (non-hydrogen) atoms. The Labute approximate surface area is 136 Å². The summed E-state index contributed by atoms with van der Waals surface area (Å²) in [6.07, 6.45) is 1.83. The number of ketones is 1. The zero-order valence-corrected chi connectivity index (χ0v) is 13.9. The topological polar surface area (TPSA) is 56.4 Å². The molecule has 1 aromatic carbocycles.